The second-order valence-corrected chi connectivity index (χ2v) is 17.4. The van der Waals surface area contributed by atoms with Gasteiger partial charge in [0.05, 0.1) is 30.3 Å². The molecule has 62 heavy (non-hydrogen) atoms. The third-order valence-corrected chi connectivity index (χ3v) is 12.2. The first-order chi connectivity index (χ1) is 29.1. The maximum atomic E-state index is 14.8. The zero-order valence-electron chi connectivity index (χ0n) is 35.4. The quantitative estimate of drug-likeness (QED) is 0.0455. The van der Waals surface area contributed by atoms with E-state index in [1.165, 1.54) is 6.08 Å². The first-order valence-electron chi connectivity index (χ1n) is 21.6. The minimum absolute atomic E-state index is 0.166. The largest absolute Gasteiger partial charge is 0.487 e. The van der Waals surface area contributed by atoms with Crippen molar-refractivity contribution in [3.05, 3.63) is 83.8 Å². The number of hydrogen-bond acceptors (Lipinski definition) is 4. The maximum absolute atomic E-state index is 14.8. The highest BCUT2D eigenvalue weighted by atomic mass is 19.3. The van der Waals surface area contributed by atoms with Gasteiger partial charge >= 0.3 is 18.3 Å². The van der Waals surface area contributed by atoms with Gasteiger partial charge in [-0.25, -0.2) is 26.3 Å². The number of halogens is 12. The Hall–Kier alpha value is -3.72. The van der Waals surface area contributed by atoms with Crippen LogP contribution in [0.5, 0.6) is 11.5 Å². The summed E-state index contributed by atoms with van der Waals surface area (Å²) >= 11 is 0. The van der Waals surface area contributed by atoms with Gasteiger partial charge in [0.25, 0.3) is 0 Å². The smallest absolute Gasteiger partial charge is 0.400 e. The Morgan fingerprint density at radius 3 is 1.23 bits per heavy atom. The van der Waals surface area contributed by atoms with E-state index < -0.39 is 82.3 Å². The van der Waals surface area contributed by atoms with Crippen molar-refractivity contribution in [3.8, 4) is 11.5 Å². The Morgan fingerprint density at radius 1 is 0.500 bits per heavy atom. The molecule has 0 N–H and O–H groups in total. The van der Waals surface area contributed by atoms with Gasteiger partial charge in [-0.2, -0.15) is 26.3 Å². The van der Waals surface area contributed by atoms with Gasteiger partial charge in [-0.1, -0.05) is 45.4 Å². The van der Waals surface area contributed by atoms with Crippen molar-refractivity contribution >= 4 is 0 Å². The molecule has 2 aliphatic carbocycles. The molecule has 2 aliphatic rings. The van der Waals surface area contributed by atoms with Gasteiger partial charge in [-0.3, -0.25) is 0 Å². The molecule has 2 saturated carbocycles. The number of ether oxygens (including phenoxy) is 4. The summed E-state index contributed by atoms with van der Waals surface area (Å²) in [6.07, 6.45) is 2.71. The lowest BCUT2D eigenvalue weighted by Gasteiger charge is -2.40. The van der Waals surface area contributed by atoms with Gasteiger partial charge in [0.2, 0.25) is 0 Å². The fourth-order valence-electron chi connectivity index (χ4n) is 8.31. The highest BCUT2D eigenvalue weighted by molar-refractivity contribution is 5.26. The molecule has 1 atom stereocenters. The lowest BCUT2D eigenvalue weighted by Crippen LogP contribution is -2.42. The second-order valence-electron chi connectivity index (χ2n) is 17.4. The van der Waals surface area contributed by atoms with Crippen LogP contribution in [0.1, 0.15) is 136 Å². The molecule has 0 aromatic heterocycles. The fraction of sp³-hybridized carbons (Fsp3) is 0.652. The normalized spacial score (nSPS) is 21.1. The zero-order chi connectivity index (χ0) is 45.7. The topological polar surface area (TPSA) is 36.9 Å². The van der Waals surface area contributed by atoms with Crippen LogP contribution in [0.3, 0.4) is 0 Å². The molecule has 16 heteroatoms. The molecule has 0 heterocycles. The molecule has 0 saturated heterocycles. The Bertz CT molecular complexity index is 1580. The van der Waals surface area contributed by atoms with E-state index >= 15 is 0 Å². The van der Waals surface area contributed by atoms with Crippen molar-refractivity contribution in [1.29, 1.82) is 0 Å². The Balaban J connectivity index is 0.995. The first-order valence-corrected chi connectivity index (χ1v) is 21.6. The van der Waals surface area contributed by atoms with Gasteiger partial charge in [0, 0.05) is 24.3 Å². The molecule has 0 radical (unpaired) electrons. The highest BCUT2D eigenvalue weighted by Gasteiger charge is 2.50. The third kappa shape index (κ3) is 15.2. The average molecular weight is 903 g/mol. The van der Waals surface area contributed by atoms with Crippen LogP contribution < -0.4 is 9.47 Å². The van der Waals surface area contributed by atoms with Crippen molar-refractivity contribution < 1.29 is 71.6 Å². The molecule has 2 aromatic carbocycles. The van der Waals surface area contributed by atoms with E-state index in [2.05, 4.69) is 11.7 Å². The molecule has 350 valence electrons. The number of allylic oxidation sites excluding steroid dienone is 2. The number of rotatable bonds is 24. The lowest BCUT2D eigenvalue weighted by molar-refractivity contribution is -0.263. The number of benzene rings is 2. The predicted octanol–water partition coefficient (Wildman–Crippen LogP) is 15.7. The maximum Gasteiger partial charge on any atom is 0.400 e. The van der Waals surface area contributed by atoms with E-state index in [0.717, 1.165) is 76.0 Å². The van der Waals surface area contributed by atoms with Gasteiger partial charge in [-0.05, 0) is 115 Å². The standard InChI is InChI=1S/C46H58F12O4/c1-30(14-10-6-4-8-12-24-59-44(53,54)32-18-16-31(17-19-32)43(2,3)61-35-26-37(47)41(51)38(48)27-35)15-11-7-5-9-13-25-60-45(55,56)33-20-22-34(23-21-33)46(57,58)62-36-28-39(49)42(52)40(50)29-36/h12-13,24-34H,4-11,14-23H2,1-3H3/b24-12+,25-13+. The minimum Gasteiger partial charge on any atom is -0.487 e. The summed E-state index contributed by atoms with van der Waals surface area (Å²) in [7, 11) is 0. The van der Waals surface area contributed by atoms with Crippen molar-refractivity contribution in [3.63, 3.8) is 0 Å². The van der Waals surface area contributed by atoms with Crippen molar-refractivity contribution in [2.45, 2.75) is 160 Å². The Morgan fingerprint density at radius 2 is 0.839 bits per heavy atom. The van der Waals surface area contributed by atoms with E-state index in [9.17, 15) is 52.7 Å². The van der Waals surface area contributed by atoms with Crippen molar-refractivity contribution in [2.75, 3.05) is 0 Å². The molecule has 4 nitrogen and oxygen atoms in total. The van der Waals surface area contributed by atoms with E-state index in [1.807, 2.05) is 0 Å². The molecule has 0 spiro atoms. The summed E-state index contributed by atoms with van der Waals surface area (Å²) in [6, 6.07) is 2.12. The molecular formula is C46H58F12O4. The van der Waals surface area contributed by atoms with E-state index in [0.29, 0.717) is 43.7 Å². The predicted molar refractivity (Wildman–Crippen MR) is 209 cm³/mol. The monoisotopic (exact) mass is 902 g/mol. The number of alkyl halides is 6. The van der Waals surface area contributed by atoms with Crippen LogP contribution in [-0.2, 0) is 9.47 Å². The SMILES string of the molecule is CC(CCCCC/C=C/OC(F)(F)C1CCC(C(C)(C)Oc2cc(F)c(F)c(F)c2)CC1)CCCCC/C=C/OC(F)(F)C1CCC(C(F)(F)Oc2cc(F)c(F)c(F)c2)CC1. The van der Waals surface area contributed by atoms with Crippen molar-refractivity contribution in [1.82, 2.24) is 0 Å². The number of hydrogen-bond donors (Lipinski definition) is 0. The summed E-state index contributed by atoms with van der Waals surface area (Å²) in [5.74, 6) is -14.1. The fourth-order valence-corrected chi connectivity index (χ4v) is 8.31. The van der Waals surface area contributed by atoms with Crippen LogP contribution in [-0.4, -0.2) is 23.9 Å². The molecule has 0 amide bonds. The van der Waals surface area contributed by atoms with Gasteiger partial charge in [0.1, 0.15) is 17.1 Å². The Labute approximate surface area is 356 Å². The van der Waals surface area contributed by atoms with Gasteiger partial charge in [0.15, 0.2) is 34.9 Å². The van der Waals surface area contributed by atoms with Gasteiger partial charge < -0.3 is 18.9 Å². The van der Waals surface area contributed by atoms with Crippen LogP contribution in [0.15, 0.2) is 48.9 Å². The van der Waals surface area contributed by atoms with E-state index in [1.54, 1.807) is 19.9 Å². The van der Waals surface area contributed by atoms with Crippen molar-refractivity contribution in [2.24, 2.45) is 29.6 Å². The third-order valence-electron chi connectivity index (χ3n) is 12.2. The summed E-state index contributed by atoms with van der Waals surface area (Å²) in [5.41, 5.74) is -0.923. The summed E-state index contributed by atoms with van der Waals surface area (Å²) in [6.45, 7) is 5.59. The molecular weight excluding hydrogens is 844 g/mol. The zero-order valence-corrected chi connectivity index (χ0v) is 35.4. The van der Waals surface area contributed by atoms with Crippen LogP contribution in [0, 0.1) is 64.5 Å². The average Bonchev–Trinajstić information content (AvgIpc) is 3.20. The second kappa shape index (κ2) is 22.8. The highest BCUT2D eigenvalue weighted by Crippen LogP contribution is 2.46. The molecule has 2 fully saturated rings. The first kappa shape index (κ1) is 50.9. The molecule has 0 aliphatic heterocycles. The van der Waals surface area contributed by atoms with Gasteiger partial charge in [-0.15, -0.1) is 0 Å². The summed E-state index contributed by atoms with van der Waals surface area (Å²) in [5, 5.41) is 0. The van der Waals surface area contributed by atoms with Crippen LogP contribution >= 0.6 is 0 Å². The van der Waals surface area contributed by atoms with Crippen LogP contribution in [0.25, 0.3) is 0 Å². The molecule has 0 bridgehead atoms. The Kier molecular flexibility index (Phi) is 18.7. The van der Waals surface area contributed by atoms with Crippen LogP contribution in [0.2, 0.25) is 0 Å². The van der Waals surface area contributed by atoms with Crippen LogP contribution in [0.4, 0.5) is 52.7 Å². The molecule has 2 aromatic rings. The summed E-state index contributed by atoms with van der Waals surface area (Å²) in [4.78, 5) is 0. The van der Waals surface area contributed by atoms with E-state index in [-0.39, 0.29) is 50.2 Å². The molecule has 4 rings (SSSR count). The number of unbranched alkanes of at least 4 members (excludes halogenated alkanes) is 6. The lowest BCUT2D eigenvalue weighted by atomic mass is 9.74. The summed E-state index contributed by atoms with van der Waals surface area (Å²) < 4.78 is 189. The van der Waals surface area contributed by atoms with E-state index in [4.69, 9.17) is 14.2 Å². The molecule has 1 unspecified atom stereocenters. The minimum atomic E-state index is -3.91.